The van der Waals surface area contributed by atoms with E-state index in [2.05, 4.69) is 14.9 Å². The molecule has 0 aromatic carbocycles. The maximum Gasteiger partial charge on any atom is 0.0837 e. The summed E-state index contributed by atoms with van der Waals surface area (Å²) < 4.78 is 0. The molecule has 0 unspecified atom stereocenters. The Morgan fingerprint density at radius 1 is 1.43 bits per heavy atom. The molecular formula is C11H17N3. The summed E-state index contributed by atoms with van der Waals surface area (Å²) in [6, 6.07) is 5.87. The standard InChI is InChI=1S/C11H17N3/c1-10(12-8-9-14(2)3)11-6-4-5-7-13-11/h4-7H,8-9H2,1-3H3. The second-order valence-corrected chi connectivity index (χ2v) is 3.49. The first kappa shape index (κ1) is 10.9. The van der Waals surface area contributed by atoms with E-state index in [1.807, 2.05) is 39.2 Å². The zero-order chi connectivity index (χ0) is 10.4. The Bertz CT molecular complexity index is 291. The zero-order valence-corrected chi connectivity index (χ0v) is 9.07. The van der Waals surface area contributed by atoms with Crippen LogP contribution in [-0.2, 0) is 0 Å². The minimum absolute atomic E-state index is 0.829. The lowest BCUT2D eigenvalue weighted by Gasteiger charge is -2.06. The van der Waals surface area contributed by atoms with Crippen LogP contribution in [0.2, 0.25) is 0 Å². The van der Waals surface area contributed by atoms with Crippen molar-refractivity contribution in [2.45, 2.75) is 6.92 Å². The molecule has 1 rings (SSSR count). The molecule has 0 aliphatic carbocycles. The number of hydrogen-bond donors (Lipinski definition) is 0. The van der Waals surface area contributed by atoms with Crippen LogP contribution in [0.1, 0.15) is 12.6 Å². The largest absolute Gasteiger partial charge is 0.308 e. The van der Waals surface area contributed by atoms with Crippen molar-refractivity contribution in [2.75, 3.05) is 27.2 Å². The molecule has 3 heteroatoms. The Labute approximate surface area is 85.5 Å². The highest BCUT2D eigenvalue weighted by atomic mass is 15.1. The van der Waals surface area contributed by atoms with Gasteiger partial charge in [0.2, 0.25) is 0 Å². The topological polar surface area (TPSA) is 28.5 Å². The third-order valence-electron chi connectivity index (χ3n) is 1.93. The highest BCUT2D eigenvalue weighted by Crippen LogP contribution is 1.96. The first-order valence-electron chi connectivity index (χ1n) is 4.77. The number of pyridine rings is 1. The minimum atomic E-state index is 0.829. The van der Waals surface area contributed by atoms with Gasteiger partial charge in [0.15, 0.2) is 0 Å². The van der Waals surface area contributed by atoms with Crippen LogP contribution in [0.15, 0.2) is 29.4 Å². The van der Waals surface area contributed by atoms with Gasteiger partial charge in [0.1, 0.15) is 0 Å². The Morgan fingerprint density at radius 3 is 2.79 bits per heavy atom. The van der Waals surface area contributed by atoms with Gasteiger partial charge >= 0.3 is 0 Å². The summed E-state index contributed by atoms with van der Waals surface area (Å²) in [6.07, 6.45) is 1.79. The summed E-state index contributed by atoms with van der Waals surface area (Å²) in [4.78, 5) is 10.8. The maximum atomic E-state index is 4.45. The van der Waals surface area contributed by atoms with Crippen LogP contribution in [0, 0.1) is 0 Å². The van der Waals surface area contributed by atoms with Crippen molar-refractivity contribution in [3.05, 3.63) is 30.1 Å². The molecule has 0 saturated carbocycles. The van der Waals surface area contributed by atoms with E-state index in [1.165, 1.54) is 0 Å². The molecule has 0 spiro atoms. The molecule has 0 radical (unpaired) electrons. The summed E-state index contributed by atoms with van der Waals surface area (Å²) in [5.41, 5.74) is 1.97. The van der Waals surface area contributed by atoms with Crippen molar-refractivity contribution in [3.8, 4) is 0 Å². The molecule has 1 aromatic heterocycles. The third kappa shape index (κ3) is 3.66. The molecule has 14 heavy (non-hydrogen) atoms. The third-order valence-corrected chi connectivity index (χ3v) is 1.93. The van der Waals surface area contributed by atoms with Crippen LogP contribution in [0.3, 0.4) is 0 Å². The molecule has 3 nitrogen and oxygen atoms in total. The van der Waals surface area contributed by atoms with Crippen molar-refractivity contribution in [3.63, 3.8) is 0 Å². The van der Waals surface area contributed by atoms with Crippen molar-refractivity contribution < 1.29 is 0 Å². The lowest BCUT2D eigenvalue weighted by atomic mass is 10.2. The normalized spacial score (nSPS) is 12.1. The van der Waals surface area contributed by atoms with Crippen LogP contribution in [0.25, 0.3) is 0 Å². The SMILES string of the molecule is CC(=NCCN(C)C)c1ccccn1. The molecule has 1 aromatic rings. The molecule has 0 N–H and O–H groups in total. The average Bonchev–Trinajstić information content (AvgIpc) is 2.18. The molecule has 0 aliphatic rings. The first-order valence-corrected chi connectivity index (χ1v) is 4.77. The smallest absolute Gasteiger partial charge is 0.0837 e. The Morgan fingerprint density at radius 2 is 2.21 bits per heavy atom. The summed E-state index contributed by atoms with van der Waals surface area (Å²) in [5, 5.41) is 0. The lowest BCUT2D eigenvalue weighted by Crippen LogP contribution is -2.16. The van der Waals surface area contributed by atoms with Gasteiger partial charge in [-0.1, -0.05) is 6.07 Å². The number of likely N-dealkylation sites (N-methyl/N-ethyl adjacent to an activating group) is 1. The second kappa shape index (κ2) is 5.50. The Hall–Kier alpha value is -1.22. The van der Waals surface area contributed by atoms with E-state index in [1.54, 1.807) is 6.20 Å². The van der Waals surface area contributed by atoms with Gasteiger partial charge in [0.05, 0.1) is 18.0 Å². The fourth-order valence-corrected chi connectivity index (χ4v) is 1.08. The van der Waals surface area contributed by atoms with Gasteiger partial charge in [-0.25, -0.2) is 0 Å². The van der Waals surface area contributed by atoms with Crippen LogP contribution >= 0.6 is 0 Å². The Balaban J connectivity index is 2.53. The quantitative estimate of drug-likeness (QED) is 0.674. The molecular weight excluding hydrogens is 174 g/mol. The molecule has 0 bridgehead atoms. The van der Waals surface area contributed by atoms with Crippen molar-refractivity contribution in [2.24, 2.45) is 4.99 Å². The maximum absolute atomic E-state index is 4.45. The van der Waals surface area contributed by atoms with Gasteiger partial charge in [-0.2, -0.15) is 0 Å². The predicted octanol–water partition coefficient (Wildman–Crippen LogP) is 1.45. The van der Waals surface area contributed by atoms with Crippen molar-refractivity contribution >= 4 is 5.71 Å². The van der Waals surface area contributed by atoms with E-state index < -0.39 is 0 Å². The van der Waals surface area contributed by atoms with Gasteiger partial charge in [-0.05, 0) is 33.2 Å². The molecule has 0 saturated heterocycles. The highest BCUT2D eigenvalue weighted by Gasteiger charge is 1.96. The van der Waals surface area contributed by atoms with Gasteiger partial charge < -0.3 is 4.90 Å². The van der Waals surface area contributed by atoms with Gasteiger partial charge in [0, 0.05) is 12.7 Å². The van der Waals surface area contributed by atoms with Gasteiger partial charge in [-0.15, -0.1) is 0 Å². The fourth-order valence-electron chi connectivity index (χ4n) is 1.08. The molecule has 0 amide bonds. The predicted molar refractivity (Wildman–Crippen MR) is 59.9 cm³/mol. The minimum Gasteiger partial charge on any atom is -0.308 e. The van der Waals surface area contributed by atoms with E-state index >= 15 is 0 Å². The average molecular weight is 191 g/mol. The summed E-state index contributed by atoms with van der Waals surface area (Å²) in [7, 11) is 4.09. The highest BCUT2D eigenvalue weighted by molar-refractivity contribution is 5.96. The molecule has 76 valence electrons. The van der Waals surface area contributed by atoms with E-state index in [9.17, 15) is 0 Å². The monoisotopic (exact) mass is 191 g/mol. The molecule has 0 atom stereocenters. The zero-order valence-electron chi connectivity index (χ0n) is 9.07. The lowest BCUT2D eigenvalue weighted by molar-refractivity contribution is 0.420. The van der Waals surface area contributed by atoms with Gasteiger partial charge in [0.25, 0.3) is 0 Å². The van der Waals surface area contributed by atoms with Crippen LogP contribution < -0.4 is 0 Å². The van der Waals surface area contributed by atoms with Crippen molar-refractivity contribution in [1.29, 1.82) is 0 Å². The first-order chi connectivity index (χ1) is 6.70. The number of rotatable bonds is 4. The Kier molecular flexibility index (Phi) is 4.26. The summed E-state index contributed by atoms with van der Waals surface area (Å²) >= 11 is 0. The van der Waals surface area contributed by atoms with Crippen molar-refractivity contribution in [1.82, 2.24) is 9.88 Å². The van der Waals surface area contributed by atoms with E-state index in [0.717, 1.165) is 24.5 Å². The number of aromatic nitrogens is 1. The van der Waals surface area contributed by atoms with Crippen LogP contribution in [0.4, 0.5) is 0 Å². The summed E-state index contributed by atoms with van der Waals surface area (Å²) in [5.74, 6) is 0. The van der Waals surface area contributed by atoms with E-state index in [0.29, 0.717) is 0 Å². The summed E-state index contributed by atoms with van der Waals surface area (Å²) in [6.45, 7) is 3.80. The van der Waals surface area contributed by atoms with Crippen LogP contribution in [-0.4, -0.2) is 42.8 Å². The molecule has 0 aliphatic heterocycles. The number of hydrogen-bond acceptors (Lipinski definition) is 3. The number of nitrogens with zero attached hydrogens (tertiary/aromatic N) is 3. The van der Waals surface area contributed by atoms with Crippen LogP contribution in [0.5, 0.6) is 0 Å². The molecule has 1 heterocycles. The molecule has 0 fully saturated rings. The number of aliphatic imine (C=N–C) groups is 1. The fraction of sp³-hybridized carbons (Fsp3) is 0.455. The van der Waals surface area contributed by atoms with E-state index in [-0.39, 0.29) is 0 Å². The van der Waals surface area contributed by atoms with Gasteiger partial charge in [-0.3, -0.25) is 9.98 Å². The van der Waals surface area contributed by atoms with E-state index in [4.69, 9.17) is 0 Å². The second-order valence-electron chi connectivity index (χ2n) is 3.49.